The van der Waals surface area contributed by atoms with E-state index in [-0.39, 0.29) is 12.1 Å². The summed E-state index contributed by atoms with van der Waals surface area (Å²) in [5.41, 5.74) is 0.608. The van der Waals surface area contributed by atoms with Gasteiger partial charge in [0.15, 0.2) is 5.13 Å². The molecule has 98 valence electrons. The highest BCUT2D eigenvalue weighted by molar-refractivity contribution is 7.14. The van der Waals surface area contributed by atoms with Gasteiger partial charge in [-0.2, -0.15) is 0 Å². The first-order valence-corrected chi connectivity index (χ1v) is 6.39. The predicted octanol–water partition coefficient (Wildman–Crippen LogP) is 2.07. The standard InChI is InChI=1S/C11H8ClN3O3S/c12-6-1-2-8(13-4-6)10(18)15-11-14-7(5-19-11)3-9(16)17/h1-2,4-5H,3H2,(H,16,17)(H,14,15,18). The van der Waals surface area contributed by atoms with Gasteiger partial charge in [0.1, 0.15) is 5.69 Å². The Kier molecular flexibility index (Phi) is 4.08. The van der Waals surface area contributed by atoms with Gasteiger partial charge in [-0.05, 0) is 12.1 Å². The third-order valence-electron chi connectivity index (χ3n) is 2.06. The number of nitrogens with zero attached hydrogens (tertiary/aromatic N) is 2. The van der Waals surface area contributed by atoms with Gasteiger partial charge in [-0.25, -0.2) is 9.97 Å². The van der Waals surface area contributed by atoms with E-state index < -0.39 is 11.9 Å². The summed E-state index contributed by atoms with van der Waals surface area (Å²) < 4.78 is 0. The zero-order valence-electron chi connectivity index (χ0n) is 9.46. The molecule has 0 bridgehead atoms. The summed E-state index contributed by atoms with van der Waals surface area (Å²) in [7, 11) is 0. The van der Waals surface area contributed by atoms with Crippen molar-refractivity contribution in [1.29, 1.82) is 0 Å². The molecule has 2 rings (SSSR count). The quantitative estimate of drug-likeness (QED) is 0.901. The smallest absolute Gasteiger partial charge is 0.309 e. The number of aliphatic carboxylic acids is 1. The second kappa shape index (κ2) is 5.77. The molecule has 2 aromatic rings. The van der Waals surface area contributed by atoms with Gasteiger partial charge >= 0.3 is 5.97 Å². The van der Waals surface area contributed by atoms with Crippen molar-refractivity contribution >= 4 is 39.9 Å². The molecule has 0 atom stereocenters. The van der Waals surface area contributed by atoms with Gasteiger partial charge < -0.3 is 5.11 Å². The number of nitrogens with one attached hydrogen (secondary N) is 1. The van der Waals surface area contributed by atoms with E-state index in [1.807, 2.05) is 0 Å². The number of carbonyl (C=O) groups excluding carboxylic acids is 1. The zero-order chi connectivity index (χ0) is 13.8. The second-order valence-corrected chi connectivity index (χ2v) is 4.82. The third kappa shape index (κ3) is 3.73. The Hall–Kier alpha value is -1.99. The van der Waals surface area contributed by atoms with Crippen molar-refractivity contribution in [3.63, 3.8) is 0 Å². The van der Waals surface area contributed by atoms with E-state index in [4.69, 9.17) is 16.7 Å². The SMILES string of the molecule is O=C(O)Cc1csc(NC(=O)c2ccc(Cl)cn2)n1. The van der Waals surface area contributed by atoms with Gasteiger partial charge in [0.25, 0.3) is 5.91 Å². The first kappa shape index (κ1) is 13.4. The van der Waals surface area contributed by atoms with E-state index in [1.54, 1.807) is 11.4 Å². The molecule has 0 aromatic carbocycles. The Morgan fingerprint density at radius 1 is 1.42 bits per heavy atom. The number of anilines is 1. The fraction of sp³-hybridized carbons (Fsp3) is 0.0909. The van der Waals surface area contributed by atoms with Crippen molar-refractivity contribution in [2.75, 3.05) is 5.32 Å². The van der Waals surface area contributed by atoms with E-state index in [9.17, 15) is 9.59 Å². The highest BCUT2D eigenvalue weighted by Gasteiger charge is 2.11. The summed E-state index contributed by atoms with van der Waals surface area (Å²) in [6.45, 7) is 0. The van der Waals surface area contributed by atoms with Crippen LogP contribution in [0.3, 0.4) is 0 Å². The van der Waals surface area contributed by atoms with Crippen LogP contribution in [0.4, 0.5) is 5.13 Å². The molecule has 19 heavy (non-hydrogen) atoms. The number of hydrogen-bond acceptors (Lipinski definition) is 5. The van der Waals surface area contributed by atoms with Gasteiger partial charge in [-0.3, -0.25) is 14.9 Å². The Morgan fingerprint density at radius 2 is 2.21 bits per heavy atom. The van der Waals surface area contributed by atoms with Crippen molar-refractivity contribution in [3.8, 4) is 0 Å². The fourth-order valence-corrected chi connectivity index (χ4v) is 2.09. The van der Waals surface area contributed by atoms with Crippen LogP contribution in [-0.4, -0.2) is 27.0 Å². The van der Waals surface area contributed by atoms with Gasteiger partial charge in [-0.15, -0.1) is 11.3 Å². The minimum absolute atomic E-state index is 0.175. The Bertz CT molecular complexity index is 612. The molecule has 0 aliphatic heterocycles. The number of hydrogen-bond donors (Lipinski definition) is 2. The number of halogens is 1. The molecule has 8 heteroatoms. The lowest BCUT2D eigenvalue weighted by molar-refractivity contribution is -0.136. The van der Waals surface area contributed by atoms with E-state index >= 15 is 0 Å². The topological polar surface area (TPSA) is 92.2 Å². The molecular formula is C11H8ClN3O3S. The summed E-state index contributed by atoms with van der Waals surface area (Å²) in [6, 6.07) is 3.05. The maximum Gasteiger partial charge on any atom is 0.309 e. The molecule has 2 heterocycles. The van der Waals surface area contributed by atoms with Gasteiger partial charge in [0.2, 0.25) is 0 Å². The highest BCUT2D eigenvalue weighted by atomic mass is 35.5. The number of carbonyl (C=O) groups is 2. The lowest BCUT2D eigenvalue weighted by Gasteiger charge is -2.00. The zero-order valence-corrected chi connectivity index (χ0v) is 11.0. The van der Waals surface area contributed by atoms with Crippen LogP contribution >= 0.6 is 22.9 Å². The molecule has 2 N–H and O–H groups in total. The highest BCUT2D eigenvalue weighted by Crippen LogP contribution is 2.17. The molecule has 0 unspecified atom stereocenters. The normalized spacial score (nSPS) is 10.2. The Labute approximate surface area is 117 Å². The molecule has 0 fully saturated rings. The molecule has 0 spiro atoms. The van der Waals surface area contributed by atoms with Crippen LogP contribution in [0.15, 0.2) is 23.7 Å². The Balaban J connectivity index is 2.04. The number of carboxylic acids is 1. The molecule has 0 aliphatic carbocycles. The average molecular weight is 298 g/mol. The van der Waals surface area contributed by atoms with Crippen LogP contribution in [0.5, 0.6) is 0 Å². The number of thiazole rings is 1. The van der Waals surface area contributed by atoms with Crippen molar-refractivity contribution in [2.24, 2.45) is 0 Å². The number of amides is 1. The summed E-state index contributed by atoms with van der Waals surface area (Å²) >= 11 is 6.83. The largest absolute Gasteiger partial charge is 0.481 e. The monoisotopic (exact) mass is 297 g/mol. The molecule has 0 aliphatic rings. The second-order valence-electron chi connectivity index (χ2n) is 3.53. The van der Waals surface area contributed by atoms with Crippen molar-refractivity contribution < 1.29 is 14.7 Å². The van der Waals surface area contributed by atoms with E-state index in [2.05, 4.69) is 15.3 Å². The maximum absolute atomic E-state index is 11.8. The minimum Gasteiger partial charge on any atom is -0.481 e. The number of rotatable bonds is 4. The third-order valence-corrected chi connectivity index (χ3v) is 3.09. The van der Waals surface area contributed by atoms with E-state index in [0.717, 1.165) is 11.3 Å². The predicted molar refractivity (Wildman–Crippen MR) is 70.7 cm³/mol. The molecule has 2 aromatic heterocycles. The molecular weight excluding hydrogens is 290 g/mol. The molecule has 6 nitrogen and oxygen atoms in total. The Morgan fingerprint density at radius 3 is 2.84 bits per heavy atom. The minimum atomic E-state index is -0.970. The molecule has 1 amide bonds. The lowest BCUT2D eigenvalue weighted by Crippen LogP contribution is -2.13. The number of pyridine rings is 1. The number of aromatic nitrogens is 2. The van der Waals surface area contributed by atoms with Crippen LogP contribution < -0.4 is 5.32 Å². The summed E-state index contributed by atoms with van der Waals surface area (Å²) in [4.78, 5) is 30.2. The van der Waals surface area contributed by atoms with Crippen LogP contribution in [0.2, 0.25) is 5.02 Å². The summed E-state index contributed by atoms with van der Waals surface area (Å²) in [6.07, 6.45) is 1.19. The van der Waals surface area contributed by atoms with E-state index in [0.29, 0.717) is 15.8 Å². The number of carboxylic acid groups (broad SMARTS) is 1. The van der Waals surface area contributed by atoms with Crippen LogP contribution in [0.25, 0.3) is 0 Å². The van der Waals surface area contributed by atoms with Crippen molar-refractivity contribution in [2.45, 2.75) is 6.42 Å². The van der Waals surface area contributed by atoms with Crippen LogP contribution in [0, 0.1) is 0 Å². The van der Waals surface area contributed by atoms with Gasteiger partial charge in [-0.1, -0.05) is 11.6 Å². The summed E-state index contributed by atoms with van der Waals surface area (Å²) in [5, 5.41) is 13.5. The van der Waals surface area contributed by atoms with Crippen LogP contribution in [0.1, 0.15) is 16.2 Å². The average Bonchev–Trinajstić information content (AvgIpc) is 2.76. The van der Waals surface area contributed by atoms with Crippen molar-refractivity contribution in [3.05, 3.63) is 40.1 Å². The maximum atomic E-state index is 11.8. The van der Waals surface area contributed by atoms with E-state index in [1.165, 1.54) is 12.3 Å². The first-order valence-electron chi connectivity index (χ1n) is 5.13. The molecule has 0 saturated carbocycles. The first-order chi connectivity index (χ1) is 9.04. The fourth-order valence-electron chi connectivity index (χ4n) is 1.27. The van der Waals surface area contributed by atoms with Crippen LogP contribution in [-0.2, 0) is 11.2 Å². The summed E-state index contributed by atoms with van der Waals surface area (Å²) in [5.74, 6) is -1.39. The lowest BCUT2D eigenvalue weighted by atomic mass is 10.3. The van der Waals surface area contributed by atoms with Crippen molar-refractivity contribution in [1.82, 2.24) is 9.97 Å². The molecule has 0 radical (unpaired) electrons. The van der Waals surface area contributed by atoms with Gasteiger partial charge in [0, 0.05) is 11.6 Å². The van der Waals surface area contributed by atoms with Gasteiger partial charge in [0.05, 0.1) is 17.1 Å². The molecule has 0 saturated heterocycles.